The summed E-state index contributed by atoms with van der Waals surface area (Å²) < 4.78 is 32.9. The zero-order valence-corrected chi connectivity index (χ0v) is 15.6. The van der Waals surface area contributed by atoms with Gasteiger partial charge in [0.25, 0.3) is 5.92 Å². The van der Waals surface area contributed by atoms with Crippen LogP contribution in [0.3, 0.4) is 0 Å². The minimum Gasteiger partial charge on any atom is -0.423 e. The van der Waals surface area contributed by atoms with Crippen molar-refractivity contribution >= 4 is 17.0 Å². The highest BCUT2D eigenvalue weighted by Gasteiger charge is 2.40. The summed E-state index contributed by atoms with van der Waals surface area (Å²) in [4.78, 5) is 12.0. The molecule has 4 rings (SSSR count). The molecule has 0 amide bonds. The number of hydrogen-bond acceptors (Lipinski definition) is 8. The Kier molecular flexibility index (Phi) is 3.86. The monoisotopic (exact) mass is 378 g/mol. The van der Waals surface area contributed by atoms with E-state index in [1.54, 1.807) is 11.8 Å². The SMILES string of the molecule is Cc1nnc(Cn2nc3nc(C(C)(C)C)nc(N4CCC(F)(F)C4)c3n2)o1. The maximum atomic E-state index is 13.8. The number of rotatable bonds is 3. The molecule has 144 valence electrons. The summed E-state index contributed by atoms with van der Waals surface area (Å²) in [6.45, 7) is 7.55. The van der Waals surface area contributed by atoms with Gasteiger partial charge in [-0.2, -0.15) is 4.80 Å². The van der Waals surface area contributed by atoms with Crippen LogP contribution in [0.25, 0.3) is 11.2 Å². The Labute approximate surface area is 153 Å². The van der Waals surface area contributed by atoms with Gasteiger partial charge >= 0.3 is 0 Å². The third-order valence-corrected chi connectivity index (χ3v) is 4.26. The Balaban J connectivity index is 1.79. The summed E-state index contributed by atoms with van der Waals surface area (Å²) in [5.74, 6) is -1.03. The summed E-state index contributed by atoms with van der Waals surface area (Å²) in [6.07, 6.45) is -0.210. The number of aryl methyl sites for hydroxylation is 1. The van der Waals surface area contributed by atoms with Crippen molar-refractivity contribution in [2.24, 2.45) is 0 Å². The zero-order valence-electron chi connectivity index (χ0n) is 15.6. The van der Waals surface area contributed by atoms with Crippen molar-refractivity contribution in [3.05, 3.63) is 17.6 Å². The molecule has 0 aromatic carbocycles. The number of aromatic nitrogens is 7. The van der Waals surface area contributed by atoms with Crippen molar-refractivity contribution in [3.63, 3.8) is 0 Å². The van der Waals surface area contributed by atoms with E-state index >= 15 is 0 Å². The molecule has 0 bridgehead atoms. The third-order valence-electron chi connectivity index (χ3n) is 4.26. The van der Waals surface area contributed by atoms with Crippen molar-refractivity contribution in [1.82, 2.24) is 35.2 Å². The highest BCUT2D eigenvalue weighted by molar-refractivity contribution is 5.82. The van der Waals surface area contributed by atoms with Crippen LogP contribution in [0.15, 0.2) is 4.42 Å². The Morgan fingerprint density at radius 1 is 1.15 bits per heavy atom. The quantitative estimate of drug-likeness (QED) is 0.683. The lowest BCUT2D eigenvalue weighted by Crippen LogP contribution is -2.27. The molecular weight excluding hydrogens is 358 g/mol. The highest BCUT2D eigenvalue weighted by Crippen LogP contribution is 2.33. The summed E-state index contributed by atoms with van der Waals surface area (Å²) in [5.41, 5.74) is 0.381. The molecule has 4 heterocycles. The van der Waals surface area contributed by atoms with Gasteiger partial charge in [0.1, 0.15) is 12.4 Å². The van der Waals surface area contributed by atoms with Gasteiger partial charge in [0.15, 0.2) is 11.3 Å². The van der Waals surface area contributed by atoms with Crippen LogP contribution >= 0.6 is 0 Å². The fourth-order valence-corrected chi connectivity index (χ4v) is 2.90. The standard InChI is InChI=1S/C16H20F2N8O/c1-9-21-22-10(27-9)7-26-23-11-12(24-26)19-14(15(2,3)4)20-13(11)25-6-5-16(17,18)8-25/h5-8H2,1-4H3. The fraction of sp³-hybridized carbons (Fsp3) is 0.625. The van der Waals surface area contributed by atoms with E-state index in [0.717, 1.165) is 0 Å². The lowest BCUT2D eigenvalue weighted by atomic mass is 9.96. The van der Waals surface area contributed by atoms with E-state index in [1.807, 2.05) is 20.8 Å². The first-order valence-electron chi connectivity index (χ1n) is 8.66. The Morgan fingerprint density at radius 2 is 1.93 bits per heavy atom. The molecule has 11 heteroatoms. The predicted molar refractivity (Wildman–Crippen MR) is 91.7 cm³/mol. The topological polar surface area (TPSA) is 98.6 Å². The average Bonchev–Trinajstić information content (AvgIpc) is 3.24. The maximum absolute atomic E-state index is 13.8. The number of hydrogen-bond donors (Lipinski definition) is 0. The summed E-state index contributed by atoms with van der Waals surface area (Å²) >= 11 is 0. The van der Waals surface area contributed by atoms with E-state index in [-0.39, 0.29) is 24.9 Å². The molecule has 3 aromatic rings. The smallest absolute Gasteiger partial charge is 0.266 e. The molecule has 1 aliphatic rings. The Bertz CT molecular complexity index is 990. The van der Waals surface area contributed by atoms with Gasteiger partial charge in [-0.1, -0.05) is 20.8 Å². The minimum absolute atomic E-state index is 0.164. The van der Waals surface area contributed by atoms with Gasteiger partial charge in [-0.25, -0.2) is 18.7 Å². The number of fused-ring (bicyclic) bond motifs is 1. The number of anilines is 1. The molecule has 0 atom stereocenters. The summed E-state index contributed by atoms with van der Waals surface area (Å²) in [5, 5.41) is 16.5. The first-order valence-corrected chi connectivity index (χ1v) is 8.66. The van der Waals surface area contributed by atoms with Crippen LogP contribution in [-0.2, 0) is 12.0 Å². The van der Waals surface area contributed by atoms with E-state index in [9.17, 15) is 8.78 Å². The van der Waals surface area contributed by atoms with E-state index < -0.39 is 12.5 Å². The second kappa shape index (κ2) is 5.89. The number of nitrogens with zero attached hydrogens (tertiary/aromatic N) is 8. The molecule has 0 saturated carbocycles. The van der Waals surface area contributed by atoms with Crippen LogP contribution in [-0.4, -0.2) is 54.2 Å². The predicted octanol–water partition coefficient (Wildman–Crippen LogP) is 2.10. The van der Waals surface area contributed by atoms with Crippen molar-refractivity contribution in [2.45, 2.75) is 52.0 Å². The molecule has 0 unspecified atom stereocenters. The summed E-state index contributed by atoms with van der Waals surface area (Å²) in [7, 11) is 0. The molecule has 0 N–H and O–H groups in total. The van der Waals surface area contributed by atoms with Crippen LogP contribution in [0.2, 0.25) is 0 Å². The Morgan fingerprint density at radius 3 is 2.52 bits per heavy atom. The van der Waals surface area contributed by atoms with Crippen LogP contribution in [0.4, 0.5) is 14.6 Å². The van der Waals surface area contributed by atoms with Gasteiger partial charge in [0.2, 0.25) is 17.4 Å². The van der Waals surface area contributed by atoms with Gasteiger partial charge < -0.3 is 9.32 Å². The first kappa shape index (κ1) is 17.7. The second-order valence-corrected chi connectivity index (χ2v) is 7.77. The van der Waals surface area contributed by atoms with E-state index in [0.29, 0.717) is 34.6 Å². The van der Waals surface area contributed by atoms with E-state index in [1.165, 1.54) is 4.80 Å². The lowest BCUT2D eigenvalue weighted by molar-refractivity contribution is 0.0257. The molecule has 0 aliphatic carbocycles. The normalized spacial score (nSPS) is 17.2. The van der Waals surface area contributed by atoms with Gasteiger partial charge in [0, 0.05) is 25.3 Å². The molecule has 1 aliphatic heterocycles. The van der Waals surface area contributed by atoms with Gasteiger partial charge in [-0.05, 0) is 0 Å². The van der Waals surface area contributed by atoms with E-state index in [2.05, 4.69) is 30.4 Å². The largest absolute Gasteiger partial charge is 0.423 e. The average molecular weight is 378 g/mol. The van der Waals surface area contributed by atoms with Crippen molar-refractivity contribution in [1.29, 1.82) is 0 Å². The summed E-state index contributed by atoms with van der Waals surface area (Å²) in [6, 6.07) is 0. The third kappa shape index (κ3) is 3.45. The van der Waals surface area contributed by atoms with Crippen LogP contribution in [0, 0.1) is 6.92 Å². The van der Waals surface area contributed by atoms with E-state index in [4.69, 9.17) is 4.42 Å². The fourth-order valence-electron chi connectivity index (χ4n) is 2.90. The lowest BCUT2D eigenvalue weighted by Gasteiger charge is -2.21. The van der Waals surface area contributed by atoms with Gasteiger partial charge in [-0.15, -0.1) is 20.4 Å². The zero-order chi connectivity index (χ0) is 19.4. The van der Waals surface area contributed by atoms with Crippen molar-refractivity contribution in [2.75, 3.05) is 18.0 Å². The van der Waals surface area contributed by atoms with Crippen molar-refractivity contribution in [3.8, 4) is 0 Å². The minimum atomic E-state index is -2.74. The van der Waals surface area contributed by atoms with Crippen molar-refractivity contribution < 1.29 is 13.2 Å². The molecule has 0 spiro atoms. The molecule has 3 aromatic heterocycles. The van der Waals surface area contributed by atoms with Gasteiger partial charge in [0.05, 0.1) is 6.54 Å². The second-order valence-electron chi connectivity index (χ2n) is 7.77. The molecule has 0 radical (unpaired) electrons. The van der Waals surface area contributed by atoms with Gasteiger partial charge in [-0.3, -0.25) is 0 Å². The Hall–Kier alpha value is -2.72. The number of halogens is 2. The molecule has 1 saturated heterocycles. The molecule has 27 heavy (non-hydrogen) atoms. The molecular formula is C16H20F2N8O. The highest BCUT2D eigenvalue weighted by atomic mass is 19.3. The van der Waals surface area contributed by atoms with Crippen LogP contribution in [0.1, 0.15) is 44.8 Å². The first-order chi connectivity index (χ1) is 12.6. The van der Waals surface area contributed by atoms with Crippen LogP contribution in [0.5, 0.6) is 0 Å². The molecule has 1 fully saturated rings. The maximum Gasteiger partial charge on any atom is 0.266 e. The molecule has 9 nitrogen and oxygen atoms in total. The number of alkyl halides is 2. The van der Waals surface area contributed by atoms with Crippen LogP contribution < -0.4 is 4.90 Å².